The van der Waals surface area contributed by atoms with Gasteiger partial charge in [-0.2, -0.15) is 13.2 Å². The molecule has 0 aromatic carbocycles. The molecule has 1 N–H and O–H groups in total. The van der Waals surface area contributed by atoms with Crippen molar-refractivity contribution in [3.05, 3.63) is 35.3 Å². The van der Waals surface area contributed by atoms with Gasteiger partial charge in [-0.1, -0.05) is 0 Å². The van der Waals surface area contributed by atoms with E-state index in [1.807, 2.05) is 0 Å². The summed E-state index contributed by atoms with van der Waals surface area (Å²) >= 11 is 0. The highest BCUT2D eigenvalue weighted by Crippen LogP contribution is 2.43. The number of carboxylic acid groups (broad SMARTS) is 1. The van der Waals surface area contributed by atoms with E-state index in [1.165, 1.54) is 16.7 Å². The van der Waals surface area contributed by atoms with Crippen LogP contribution in [0.4, 0.5) is 13.2 Å². The smallest absolute Gasteiger partial charge is 0.419 e. The van der Waals surface area contributed by atoms with Crippen molar-refractivity contribution >= 4 is 11.6 Å². The number of alkyl halides is 3. The number of aromatic carboxylic acids is 1. The van der Waals surface area contributed by atoms with Crippen LogP contribution in [0.15, 0.2) is 18.3 Å². The molecule has 2 aromatic heterocycles. The number of halogens is 3. The Bertz CT molecular complexity index is 671. The summed E-state index contributed by atoms with van der Waals surface area (Å²) in [4.78, 5) is 14.8. The molecule has 0 aliphatic heterocycles. The first-order valence-electron chi connectivity index (χ1n) is 5.71. The molecule has 4 nitrogen and oxygen atoms in total. The van der Waals surface area contributed by atoms with Gasteiger partial charge in [0.2, 0.25) is 0 Å². The summed E-state index contributed by atoms with van der Waals surface area (Å²) in [5, 5.41) is 9.08. The molecule has 1 fully saturated rings. The summed E-state index contributed by atoms with van der Waals surface area (Å²) < 4.78 is 39.9. The minimum Gasteiger partial charge on any atom is -0.476 e. The van der Waals surface area contributed by atoms with E-state index in [1.54, 1.807) is 0 Å². The number of pyridine rings is 1. The minimum absolute atomic E-state index is 0.00964. The first kappa shape index (κ1) is 12.0. The average molecular weight is 270 g/mol. The van der Waals surface area contributed by atoms with E-state index < -0.39 is 17.7 Å². The molecule has 2 heterocycles. The first-order valence-corrected chi connectivity index (χ1v) is 5.71. The molecule has 0 amide bonds. The van der Waals surface area contributed by atoms with Crippen molar-refractivity contribution in [2.24, 2.45) is 0 Å². The van der Waals surface area contributed by atoms with Crippen molar-refractivity contribution in [3.63, 3.8) is 0 Å². The molecule has 1 aliphatic rings. The summed E-state index contributed by atoms with van der Waals surface area (Å²) in [5.41, 5.74) is -1.16. The van der Waals surface area contributed by atoms with Gasteiger partial charge in [0.15, 0.2) is 5.69 Å². The topological polar surface area (TPSA) is 54.6 Å². The molecule has 19 heavy (non-hydrogen) atoms. The monoisotopic (exact) mass is 270 g/mol. The second kappa shape index (κ2) is 3.72. The molecular formula is C12H9F3N2O2. The van der Waals surface area contributed by atoms with Gasteiger partial charge in [-0.05, 0) is 25.0 Å². The Balaban J connectivity index is 2.34. The lowest BCUT2D eigenvalue weighted by atomic mass is 10.2. The molecular weight excluding hydrogens is 261 g/mol. The van der Waals surface area contributed by atoms with Crippen LogP contribution in [0, 0.1) is 0 Å². The Labute approximate surface area is 105 Å². The zero-order valence-electron chi connectivity index (χ0n) is 9.61. The lowest BCUT2D eigenvalue weighted by Crippen LogP contribution is -2.07. The molecule has 1 aliphatic carbocycles. The maximum absolute atomic E-state index is 12.9. The predicted molar refractivity (Wildman–Crippen MR) is 59.1 cm³/mol. The highest BCUT2D eigenvalue weighted by Gasteiger charge is 2.38. The second-order valence-electron chi connectivity index (χ2n) is 4.54. The SMILES string of the molecule is O=C(O)c1nc2c(C(F)(F)F)cccn2c1C1CC1. The average Bonchev–Trinajstić information content (AvgIpc) is 3.06. The molecule has 0 saturated heterocycles. The Morgan fingerprint density at radius 2 is 2.11 bits per heavy atom. The summed E-state index contributed by atoms with van der Waals surface area (Å²) in [6.45, 7) is 0. The number of aromatic nitrogens is 2. The van der Waals surface area contributed by atoms with Crippen molar-refractivity contribution in [1.29, 1.82) is 0 Å². The van der Waals surface area contributed by atoms with Gasteiger partial charge in [-0.15, -0.1) is 0 Å². The number of fused-ring (bicyclic) bond motifs is 1. The van der Waals surface area contributed by atoms with Crippen LogP contribution < -0.4 is 0 Å². The number of imidazole rings is 1. The Hall–Kier alpha value is -2.05. The van der Waals surface area contributed by atoms with E-state index >= 15 is 0 Å². The molecule has 0 spiro atoms. The van der Waals surface area contributed by atoms with Gasteiger partial charge in [0, 0.05) is 12.1 Å². The maximum Gasteiger partial charge on any atom is 0.419 e. The van der Waals surface area contributed by atoms with Crippen LogP contribution in [0.5, 0.6) is 0 Å². The predicted octanol–water partition coefficient (Wildman–Crippen LogP) is 2.93. The van der Waals surface area contributed by atoms with E-state index in [9.17, 15) is 18.0 Å². The molecule has 0 radical (unpaired) electrons. The molecule has 1 saturated carbocycles. The molecule has 7 heteroatoms. The number of carboxylic acids is 1. The molecule has 2 aromatic rings. The fourth-order valence-corrected chi connectivity index (χ4v) is 2.21. The van der Waals surface area contributed by atoms with E-state index in [-0.39, 0.29) is 17.3 Å². The number of hydrogen-bond donors (Lipinski definition) is 1. The third-order valence-electron chi connectivity index (χ3n) is 3.16. The van der Waals surface area contributed by atoms with Gasteiger partial charge in [0.1, 0.15) is 5.65 Å². The van der Waals surface area contributed by atoms with Crippen molar-refractivity contribution in [3.8, 4) is 0 Å². The summed E-state index contributed by atoms with van der Waals surface area (Å²) in [6, 6.07) is 2.17. The van der Waals surface area contributed by atoms with Gasteiger partial charge >= 0.3 is 12.1 Å². The highest BCUT2D eigenvalue weighted by molar-refractivity contribution is 5.88. The summed E-state index contributed by atoms with van der Waals surface area (Å²) in [6.07, 6.45) is -1.56. The van der Waals surface area contributed by atoms with Gasteiger partial charge in [0.05, 0.1) is 11.3 Å². The van der Waals surface area contributed by atoms with Crippen LogP contribution in [0.3, 0.4) is 0 Å². The van der Waals surface area contributed by atoms with Gasteiger partial charge in [-0.3, -0.25) is 0 Å². The van der Waals surface area contributed by atoms with E-state index in [0.29, 0.717) is 5.69 Å². The van der Waals surface area contributed by atoms with Crippen molar-refractivity contribution in [2.45, 2.75) is 24.9 Å². The van der Waals surface area contributed by atoms with E-state index in [2.05, 4.69) is 4.98 Å². The van der Waals surface area contributed by atoms with Crippen LogP contribution >= 0.6 is 0 Å². The number of carbonyl (C=O) groups is 1. The Morgan fingerprint density at radius 1 is 1.42 bits per heavy atom. The maximum atomic E-state index is 12.9. The molecule has 100 valence electrons. The second-order valence-corrected chi connectivity index (χ2v) is 4.54. The standard InChI is InChI=1S/C12H9F3N2O2/c13-12(14,15)7-2-1-5-17-9(6-3-4-6)8(11(18)19)16-10(7)17/h1-2,5-6H,3-4H2,(H,18,19). The third kappa shape index (κ3) is 1.85. The zero-order valence-corrected chi connectivity index (χ0v) is 9.61. The van der Waals surface area contributed by atoms with Crippen LogP contribution in [-0.2, 0) is 6.18 Å². The largest absolute Gasteiger partial charge is 0.476 e. The Morgan fingerprint density at radius 3 is 2.63 bits per heavy atom. The van der Waals surface area contributed by atoms with Crippen LogP contribution in [0.25, 0.3) is 5.65 Å². The molecule has 0 atom stereocenters. The van der Waals surface area contributed by atoms with Crippen LogP contribution in [0.1, 0.15) is 40.5 Å². The van der Waals surface area contributed by atoms with E-state index in [0.717, 1.165) is 18.9 Å². The van der Waals surface area contributed by atoms with Crippen molar-refractivity contribution < 1.29 is 23.1 Å². The molecule has 0 bridgehead atoms. The molecule has 3 rings (SSSR count). The van der Waals surface area contributed by atoms with Gasteiger partial charge in [0.25, 0.3) is 0 Å². The number of hydrogen-bond acceptors (Lipinski definition) is 2. The lowest BCUT2D eigenvalue weighted by molar-refractivity contribution is -0.136. The number of nitrogens with zero attached hydrogens (tertiary/aromatic N) is 2. The quantitative estimate of drug-likeness (QED) is 0.912. The minimum atomic E-state index is -4.55. The number of rotatable bonds is 2. The lowest BCUT2D eigenvalue weighted by Gasteiger charge is -2.08. The van der Waals surface area contributed by atoms with Crippen molar-refractivity contribution in [1.82, 2.24) is 9.38 Å². The fourth-order valence-electron chi connectivity index (χ4n) is 2.21. The first-order chi connectivity index (χ1) is 8.89. The van der Waals surface area contributed by atoms with Crippen LogP contribution in [-0.4, -0.2) is 20.5 Å². The molecule has 0 unspecified atom stereocenters. The van der Waals surface area contributed by atoms with Crippen molar-refractivity contribution in [2.75, 3.05) is 0 Å². The van der Waals surface area contributed by atoms with Gasteiger partial charge < -0.3 is 9.51 Å². The summed E-state index contributed by atoms with van der Waals surface area (Å²) in [5.74, 6) is -1.30. The van der Waals surface area contributed by atoms with Gasteiger partial charge in [-0.25, -0.2) is 9.78 Å². The summed E-state index contributed by atoms with van der Waals surface area (Å²) in [7, 11) is 0. The zero-order chi connectivity index (χ0) is 13.8. The normalized spacial score (nSPS) is 15.9. The fraction of sp³-hybridized carbons (Fsp3) is 0.333. The van der Waals surface area contributed by atoms with E-state index in [4.69, 9.17) is 5.11 Å². The third-order valence-corrected chi connectivity index (χ3v) is 3.16. The van der Waals surface area contributed by atoms with Crippen LogP contribution in [0.2, 0.25) is 0 Å². The Kier molecular flexibility index (Phi) is 2.35. The highest BCUT2D eigenvalue weighted by atomic mass is 19.4.